The summed E-state index contributed by atoms with van der Waals surface area (Å²) in [4.78, 5) is 0. The minimum absolute atomic E-state index is 0.766. The molecule has 0 bridgehead atoms. The van der Waals surface area contributed by atoms with Crippen molar-refractivity contribution in [2.45, 2.75) is 37.3 Å². The van der Waals surface area contributed by atoms with E-state index in [1.165, 1.54) is 40.8 Å². The van der Waals surface area contributed by atoms with E-state index >= 15 is 0 Å². The highest BCUT2D eigenvalue weighted by Crippen LogP contribution is 2.38. The molecule has 1 aromatic carbocycles. The zero-order valence-corrected chi connectivity index (χ0v) is 12.3. The van der Waals surface area contributed by atoms with Crippen LogP contribution in [0.25, 0.3) is 0 Å². The summed E-state index contributed by atoms with van der Waals surface area (Å²) < 4.78 is 1.21. The smallest absolute Gasteiger partial charge is 0.0178 e. The fraction of sp³-hybridized carbons (Fsp3) is 0.571. The van der Waals surface area contributed by atoms with Crippen LogP contribution in [0.3, 0.4) is 0 Å². The standard InChI is InChI=1S/C14H18BrNS/c15-12-3-1-2-10(6-12)11-7-14(8-11)16-13-4-5-17-9-13/h1-3,6,11,13-14,16H,4-5,7-9H2. The van der Waals surface area contributed by atoms with Crippen LogP contribution < -0.4 is 5.32 Å². The van der Waals surface area contributed by atoms with Gasteiger partial charge in [0.1, 0.15) is 0 Å². The molecular formula is C14H18BrNS. The molecule has 1 N–H and O–H groups in total. The topological polar surface area (TPSA) is 12.0 Å². The summed E-state index contributed by atoms with van der Waals surface area (Å²) in [5.74, 6) is 3.44. The molecule has 1 aliphatic heterocycles. The van der Waals surface area contributed by atoms with Crippen molar-refractivity contribution in [3.63, 3.8) is 0 Å². The minimum Gasteiger partial charge on any atom is -0.310 e. The molecule has 0 aromatic heterocycles. The molecule has 1 saturated heterocycles. The van der Waals surface area contributed by atoms with Gasteiger partial charge in [-0.05, 0) is 48.6 Å². The maximum Gasteiger partial charge on any atom is 0.0178 e. The Balaban J connectivity index is 1.50. The molecule has 1 heterocycles. The molecule has 2 aliphatic rings. The van der Waals surface area contributed by atoms with Crippen LogP contribution in [0.15, 0.2) is 28.7 Å². The molecule has 3 heteroatoms. The van der Waals surface area contributed by atoms with Crippen molar-refractivity contribution in [1.29, 1.82) is 0 Å². The first-order valence-electron chi connectivity index (χ1n) is 6.40. The van der Waals surface area contributed by atoms with E-state index in [0.29, 0.717) is 0 Å². The van der Waals surface area contributed by atoms with Gasteiger partial charge in [0.2, 0.25) is 0 Å². The summed E-state index contributed by atoms with van der Waals surface area (Å²) in [5, 5.41) is 3.80. The van der Waals surface area contributed by atoms with E-state index in [1.54, 1.807) is 0 Å². The quantitative estimate of drug-likeness (QED) is 0.911. The highest BCUT2D eigenvalue weighted by atomic mass is 79.9. The van der Waals surface area contributed by atoms with Gasteiger partial charge in [-0.25, -0.2) is 0 Å². The van der Waals surface area contributed by atoms with E-state index in [1.807, 2.05) is 0 Å². The van der Waals surface area contributed by atoms with Crippen LogP contribution in [0.2, 0.25) is 0 Å². The number of thioether (sulfide) groups is 1. The SMILES string of the molecule is Brc1cccc(C2CC(NC3CCSC3)C2)c1. The molecule has 1 aromatic rings. The number of nitrogens with one attached hydrogen (secondary N) is 1. The summed E-state index contributed by atoms with van der Waals surface area (Å²) in [6, 6.07) is 10.3. The normalized spacial score (nSPS) is 32.4. The summed E-state index contributed by atoms with van der Waals surface area (Å²) in [7, 11) is 0. The molecule has 3 rings (SSSR count). The van der Waals surface area contributed by atoms with Crippen LogP contribution >= 0.6 is 27.7 Å². The van der Waals surface area contributed by atoms with Gasteiger partial charge in [0.25, 0.3) is 0 Å². The van der Waals surface area contributed by atoms with E-state index < -0.39 is 0 Å². The van der Waals surface area contributed by atoms with Crippen molar-refractivity contribution in [3.05, 3.63) is 34.3 Å². The third-order valence-electron chi connectivity index (χ3n) is 3.86. The predicted molar refractivity (Wildman–Crippen MR) is 78.8 cm³/mol. The van der Waals surface area contributed by atoms with Crippen LogP contribution in [0.1, 0.15) is 30.7 Å². The molecule has 0 spiro atoms. The van der Waals surface area contributed by atoms with Crippen molar-refractivity contribution in [2.24, 2.45) is 0 Å². The van der Waals surface area contributed by atoms with Crippen LogP contribution in [0.5, 0.6) is 0 Å². The van der Waals surface area contributed by atoms with Crippen LogP contribution in [0, 0.1) is 0 Å². The Morgan fingerprint density at radius 2 is 2.12 bits per heavy atom. The van der Waals surface area contributed by atoms with Gasteiger partial charge in [-0.2, -0.15) is 11.8 Å². The molecule has 1 nitrogen and oxygen atoms in total. The third kappa shape index (κ3) is 2.88. The van der Waals surface area contributed by atoms with Gasteiger partial charge in [-0.15, -0.1) is 0 Å². The first kappa shape index (κ1) is 12.1. The second-order valence-electron chi connectivity index (χ2n) is 5.15. The Bertz CT molecular complexity index is 384. The lowest BCUT2D eigenvalue weighted by Gasteiger charge is -2.38. The van der Waals surface area contributed by atoms with E-state index in [2.05, 4.69) is 57.3 Å². The number of hydrogen-bond acceptors (Lipinski definition) is 2. The van der Waals surface area contributed by atoms with Crippen molar-refractivity contribution in [3.8, 4) is 0 Å². The lowest BCUT2D eigenvalue weighted by atomic mass is 9.75. The molecule has 1 aliphatic carbocycles. The Morgan fingerprint density at radius 1 is 1.24 bits per heavy atom. The number of halogens is 1. The molecule has 1 atom stereocenters. The Kier molecular flexibility index (Phi) is 3.78. The Hall–Kier alpha value is 0.01000. The van der Waals surface area contributed by atoms with Gasteiger partial charge >= 0.3 is 0 Å². The van der Waals surface area contributed by atoms with E-state index in [0.717, 1.165) is 18.0 Å². The largest absolute Gasteiger partial charge is 0.310 e. The molecular weight excluding hydrogens is 294 g/mol. The highest BCUT2D eigenvalue weighted by Gasteiger charge is 2.32. The molecule has 2 fully saturated rings. The Labute approximate surface area is 116 Å². The summed E-state index contributed by atoms with van der Waals surface area (Å²) in [5.41, 5.74) is 1.50. The van der Waals surface area contributed by atoms with Gasteiger partial charge < -0.3 is 5.32 Å². The number of benzene rings is 1. The summed E-state index contributed by atoms with van der Waals surface area (Å²) >= 11 is 5.64. The lowest BCUT2D eigenvalue weighted by molar-refractivity contribution is 0.271. The first-order valence-corrected chi connectivity index (χ1v) is 8.35. The van der Waals surface area contributed by atoms with Gasteiger partial charge in [0.15, 0.2) is 0 Å². The summed E-state index contributed by atoms with van der Waals surface area (Å²) in [6.07, 6.45) is 4.00. The maximum atomic E-state index is 3.80. The first-order chi connectivity index (χ1) is 8.31. The molecule has 1 unspecified atom stereocenters. The second-order valence-corrected chi connectivity index (χ2v) is 7.21. The Morgan fingerprint density at radius 3 is 2.82 bits per heavy atom. The van der Waals surface area contributed by atoms with E-state index in [4.69, 9.17) is 0 Å². The predicted octanol–water partition coefficient (Wildman–Crippen LogP) is 3.79. The van der Waals surface area contributed by atoms with Crippen LogP contribution in [-0.2, 0) is 0 Å². The van der Waals surface area contributed by atoms with Crippen LogP contribution in [0.4, 0.5) is 0 Å². The number of hydrogen-bond donors (Lipinski definition) is 1. The molecule has 0 amide bonds. The van der Waals surface area contributed by atoms with Crippen molar-refractivity contribution in [2.75, 3.05) is 11.5 Å². The molecule has 17 heavy (non-hydrogen) atoms. The van der Waals surface area contributed by atoms with Gasteiger partial charge in [-0.3, -0.25) is 0 Å². The molecule has 0 radical (unpaired) electrons. The van der Waals surface area contributed by atoms with Crippen LogP contribution in [-0.4, -0.2) is 23.6 Å². The fourth-order valence-electron chi connectivity index (χ4n) is 2.79. The van der Waals surface area contributed by atoms with Gasteiger partial charge in [0.05, 0.1) is 0 Å². The monoisotopic (exact) mass is 311 g/mol. The van der Waals surface area contributed by atoms with Crippen molar-refractivity contribution < 1.29 is 0 Å². The molecule has 92 valence electrons. The van der Waals surface area contributed by atoms with E-state index in [9.17, 15) is 0 Å². The third-order valence-corrected chi connectivity index (χ3v) is 5.51. The average molecular weight is 312 g/mol. The fourth-order valence-corrected chi connectivity index (χ4v) is 4.37. The highest BCUT2D eigenvalue weighted by molar-refractivity contribution is 9.10. The lowest BCUT2D eigenvalue weighted by Crippen LogP contribution is -2.45. The minimum atomic E-state index is 0.766. The molecule has 1 saturated carbocycles. The maximum absolute atomic E-state index is 3.80. The zero-order valence-electron chi connectivity index (χ0n) is 9.86. The van der Waals surface area contributed by atoms with Crippen molar-refractivity contribution in [1.82, 2.24) is 5.32 Å². The van der Waals surface area contributed by atoms with E-state index in [-0.39, 0.29) is 0 Å². The summed E-state index contributed by atoms with van der Waals surface area (Å²) in [6.45, 7) is 0. The van der Waals surface area contributed by atoms with Crippen molar-refractivity contribution >= 4 is 27.7 Å². The zero-order chi connectivity index (χ0) is 11.7. The number of rotatable bonds is 3. The second kappa shape index (κ2) is 5.33. The average Bonchev–Trinajstić information content (AvgIpc) is 2.75. The van der Waals surface area contributed by atoms with Gasteiger partial charge in [-0.1, -0.05) is 28.1 Å². The van der Waals surface area contributed by atoms with Gasteiger partial charge in [0, 0.05) is 22.3 Å².